The summed E-state index contributed by atoms with van der Waals surface area (Å²) < 4.78 is 10.8. The molecular weight excluding hydrogens is 206 g/mol. The second-order valence-corrected chi connectivity index (χ2v) is 3.21. The summed E-state index contributed by atoms with van der Waals surface area (Å²) in [7, 11) is 0. The SMILES string of the molecule is CCOc1ccc(NC(C)=O)c(OCC)c1. The fourth-order valence-electron chi connectivity index (χ4n) is 1.33. The van der Waals surface area contributed by atoms with Gasteiger partial charge in [0.1, 0.15) is 11.5 Å². The average Bonchev–Trinajstić information content (AvgIpc) is 2.22. The van der Waals surface area contributed by atoms with E-state index < -0.39 is 0 Å². The summed E-state index contributed by atoms with van der Waals surface area (Å²) in [4.78, 5) is 11.0. The van der Waals surface area contributed by atoms with Crippen LogP contribution in [-0.4, -0.2) is 19.1 Å². The Hall–Kier alpha value is -1.71. The monoisotopic (exact) mass is 223 g/mol. The molecule has 16 heavy (non-hydrogen) atoms. The Labute approximate surface area is 95.6 Å². The first-order valence-corrected chi connectivity index (χ1v) is 5.34. The van der Waals surface area contributed by atoms with Crippen molar-refractivity contribution >= 4 is 11.6 Å². The molecule has 0 heterocycles. The minimum atomic E-state index is -0.120. The van der Waals surface area contributed by atoms with E-state index in [1.165, 1.54) is 6.92 Å². The highest BCUT2D eigenvalue weighted by atomic mass is 16.5. The van der Waals surface area contributed by atoms with Gasteiger partial charge < -0.3 is 14.8 Å². The van der Waals surface area contributed by atoms with Crippen molar-refractivity contribution < 1.29 is 14.3 Å². The maximum atomic E-state index is 11.0. The van der Waals surface area contributed by atoms with E-state index in [1.807, 2.05) is 13.8 Å². The summed E-state index contributed by atoms with van der Waals surface area (Å²) in [6.45, 7) is 6.42. The van der Waals surface area contributed by atoms with E-state index in [9.17, 15) is 4.79 Å². The molecule has 1 amide bonds. The first-order valence-electron chi connectivity index (χ1n) is 5.34. The number of nitrogens with one attached hydrogen (secondary N) is 1. The van der Waals surface area contributed by atoms with E-state index >= 15 is 0 Å². The number of carbonyl (C=O) groups is 1. The third-order valence-corrected chi connectivity index (χ3v) is 1.87. The van der Waals surface area contributed by atoms with Crippen molar-refractivity contribution in [1.29, 1.82) is 0 Å². The quantitative estimate of drug-likeness (QED) is 0.834. The Bertz CT molecular complexity index is 363. The van der Waals surface area contributed by atoms with Crippen molar-refractivity contribution in [2.75, 3.05) is 18.5 Å². The predicted molar refractivity (Wildman–Crippen MR) is 63.1 cm³/mol. The molecule has 1 rings (SSSR count). The Morgan fingerprint density at radius 3 is 2.50 bits per heavy atom. The van der Waals surface area contributed by atoms with Gasteiger partial charge in [0.2, 0.25) is 5.91 Å². The molecule has 0 spiro atoms. The number of ether oxygens (including phenoxy) is 2. The van der Waals surface area contributed by atoms with Gasteiger partial charge in [0.15, 0.2) is 0 Å². The molecule has 0 unspecified atom stereocenters. The number of amides is 1. The number of hydrogen-bond donors (Lipinski definition) is 1. The molecule has 0 radical (unpaired) electrons. The summed E-state index contributed by atoms with van der Waals surface area (Å²) in [5, 5.41) is 2.71. The Balaban J connectivity index is 2.93. The Morgan fingerprint density at radius 2 is 1.94 bits per heavy atom. The van der Waals surface area contributed by atoms with E-state index in [4.69, 9.17) is 9.47 Å². The van der Waals surface area contributed by atoms with Crippen LogP contribution in [0, 0.1) is 0 Å². The number of anilines is 1. The van der Waals surface area contributed by atoms with Crippen LogP contribution in [0.4, 0.5) is 5.69 Å². The average molecular weight is 223 g/mol. The highest BCUT2D eigenvalue weighted by Gasteiger charge is 2.06. The lowest BCUT2D eigenvalue weighted by molar-refractivity contribution is -0.114. The third-order valence-electron chi connectivity index (χ3n) is 1.87. The minimum absolute atomic E-state index is 0.120. The first-order chi connectivity index (χ1) is 7.67. The molecule has 0 aromatic heterocycles. The van der Waals surface area contributed by atoms with E-state index in [0.717, 1.165) is 5.75 Å². The molecule has 0 aliphatic heterocycles. The summed E-state index contributed by atoms with van der Waals surface area (Å²) >= 11 is 0. The van der Waals surface area contributed by atoms with Gasteiger partial charge in [-0.15, -0.1) is 0 Å². The number of hydrogen-bond acceptors (Lipinski definition) is 3. The van der Waals surface area contributed by atoms with Crippen molar-refractivity contribution in [3.8, 4) is 11.5 Å². The number of carbonyl (C=O) groups excluding carboxylic acids is 1. The van der Waals surface area contributed by atoms with Gasteiger partial charge in [0.25, 0.3) is 0 Å². The van der Waals surface area contributed by atoms with E-state index in [-0.39, 0.29) is 5.91 Å². The first kappa shape index (κ1) is 12.4. The van der Waals surface area contributed by atoms with Crippen molar-refractivity contribution in [1.82, 2.24) is 0 Å². The lowest BCUT2D eigenvalue weighted by Gasteiger charge is -2.12. The molecule has 1 aromatic carbocycles. The van der Waals surface area contributed by atoms with E-state index in [0.29, 0.717) is 24.7 Å². The van der Waals surface area contributed by atoms with Crippen LogP contribution in [0.3, 0.4) is 0 Å². The van der Waals surface area contributed by atoms with Crippen molar-refractivity contribution in [2.45, 2.75) is 20.8 Å². The van der Waals surface area contributed by atoms with Crippen molar-refractivity contribution in [2.24, 2.45) is 0 Å². The molecule has 0 bridgehead atoms. The van der Waals surface area contributed by atoms with Crippen LogP contribution < -0.4 is 14.8 Å². The molecule has 0 aliphatic rings. The molecule has 1 N–H and O–H groups in total. The van der Waals surface area contributed by atoms with Gasteiger partial charge in [-0.25, -0.2) is 0 Å². The molecular formula is C12H17NO3. The maximum Gasteiger partial charge on any atom is 0.221 e. The lowest BCUT2D eigenvalue weighted by Crippen LogP contribution is -2.08. The molecule has 0 atom stereocenters. The standard InChI is InChI=1S/C12H17NO3/c1-4-15-10-6-7-11(13-9(3)14)12(8-10)16-5-2/h6-8H,4-5H2,1-3H3,(H,13,14). The topological polar surface area (TPSA) is 47.6 Å². The zero-order chi connectivity index (χ0) is 12.0. The Kier molecular flexibility index (Phi) is 4.64. The van der Waals surface area contributed by atoms with Crippen LogP contribution in [0.15, 0.2) is 18.2 Å². The summed E-state index contributed by atoms with van der Waals surface area (Å²) in [6.07, 6.45) is 0. The fraction of sp³-hybridized carbons (Fsp3) is 0.417. The van der Waals surface area contributed by atoms with E-state index in [2.05, 4.69) is 5.32 Å². The van der Waals surface area contributed by atoms with Crippen molar-refractivity contribution in [3.05, 3.63) is 18.2 Å². The Morgan fingerprint density at radius 1 is 1.25 bits per heavy atom. The summed E-state index contributed by atoms with van der Waals surface area (Å²) in [5.41, 5.74) is 0.665. The van der Waals surface area contributed by atoms with Gasteiger partial charge in [0, 0.05) is 13.0 Å². The lowest BCUT2D eigenvalue weighted by atomic mass is 10.2. The number of benzene rings is 1. The van der Waals surface area contributed by atoms with E-state index in [1.54, 1.807) is 18.2 Å². The molecule has 0 saturated carbocycles. The van der Waals surface area contributed by atoms with Gasteiger partial charge in [-0.2, -0.15) is 0 Å². The third kappa shape index (κ3) is 3.46. The zero-order valence-corrected chi connectivity index (χ0v) is 9.87. The van der Waals surface area contributed by atoms with Crippen LogP contribution in [0.1, 0.15) is 20.8 Å². The zero-order valence-electron chi connectivity index (χ0n) is 9.87. The van der Waals surface area contributed by atoms with Crippen LogP contribution >= 0.6 is 0 Å². The highest BCUT2D eigenvalue weighted by Crippen LogP contribution is 2.29. The minimum Gasteiger partial charge on any atom is -0.494 e. The maximum absolute atomic E-state index is 11.0. The van der Waals surface area contributed by atoms with Gasteiger partial charge in [0.05, 0.1) is 18.9 Å². The molecule has 1 aromatic rings. The van der Waals surface area contributed by atoms with Gasteiger partial charge in [-0.1, -0.05) is 0 Å². The largest absolute Gasteiger partial charge is 0.494 e. The van der Waals surface area contributed by atoms with Gasteiger partial charge >= 0.3 is 0 Å². The number of rotatable bonds is 5. The molecule has 4 heteroatoms. The second kappa shape index (κ2) is 6.00. The van der Waals surface area contributed by atoms with Crippen LogP contribution in [-0.2, 0) is 4.79 Å². The van der Waals surface area contributed by atoms with Gasteiger partial charge in [-0.3, -0.25) is 4.79 Å². The fourth-order valence-corrected chi connectivity index (χ4v) is 1.33. The molecule has 4 nitrogen and oxygen atoms in total. The van der Waals surface area contributed by atoms with Crippen LogP contribution in [0.25, 0.3) is 0 Å². The molecule has 0 aliphatic carbocycles. The van der Waals surface area contributed by atoms with Crippen LogP contribution in [0.2, 0.25) is 0 Å². The second-order valence-electron chi connectivity index (χ2n) is 3.21. The summed E-state index contributed by atoms with van der Waals surface area (Å²) in [6, 6.07) is 5.35. The van der Waals surface area contributed by atoms with Crippen molar-refractivity contribution in [3.63, 3.8) is 0 Å². The van der Waals surface area contributed by atoms with Crippen LogP contribution in [0.5, 0.6) is 11.5 Å². The normalized spacial score (nSPS) is 9.69. The molecule has 0 saturated heterocycles. The van der Waals surface area contributed by atoms with Gasteiger partial charge in [-0.05, 0) is 26.0 Å². The molecule has 88 valence electrons. The molecule has 0 fully saturated rings. The smallest absolute Gasteiger partial charge is 0.221 e. The highest BCUT2D eigenvalue weighted by molar-refractivity contribution is 5.90. The summed E-state index contributed by atoms with van der Waals surface area (Å²) in [5.74, 6) is 1.24. The predicted octanol–water partition coefficient (Wildman–Crippen LogP) is 2.44.